The maximum atomic E-state index is 10.8. The zero-order chi connectivity index (χ0) is 11.1. The first-order chi connectivity index (χ1) is 7.22. The van der Waals surface area contributed by atoms with Crippen molar-refractivity contribution in [1.29, 1.82) is 0 Å². The van der Waals surface area contributed by atoms with Crippen LogP contribution in [0.1, 0.15) is 19.3 Å². The molecule has 1 amide bonds. The molecule has 1 aliphatic carbocycles. The Kier molecular flexibility index (Phi) is 5.01. The van der Waals surface area contributed by atoms with Crippen molar-refractivity contribution in [3.05, 3.63) is 23.8 Å². The molecule has 0 bridgehead atoms. The average molecular weight is 205 g/mol. The predicted octanol–water partition coefficient (Wildman–Crippen LogP) is 1.97. The molecule has 0 unspecified atom stereocenters. The van der Waals surface area contributed by atoms with Gasteiger partial charge in [0.2, 0.25) is 0 Å². The molecule has 1 aliphatic rings. The third kappa shape index (κ3) is 4.72. The summed E-state index contributed by atoms with van der Waals surface area (Å²) in [5, 5.41) is 2.38. The molecule has 1 N–H and O–H groups in total. The number of carbonyl (C=O) groups excluding carboxylic acids is 1. The van der Waals surface area contributed by atoms with Crippen LogP contribution in [0.2, 0.25) is 5.82 Å². The summed E-state index contributed by atoms with van der Waals surface area (Å²) in [5.74, 6) is -0.128. The molecular weight excluding hydrogens is 189 g/mol. The van der Waals surface area contributed by atoms with Crippen LogP contribution in [0.5, 0.6) is 0 Å². The number of nitrogens with one attached hydrogen (secondary N) is 1. The highest BCUT2D eigenvalue weighted by Crippen LogP contribution is 2.19. The van der Waals surface area contributed by atoms with Crippen LogP contribution in [-0.4, -0.2) is 27.6 Å². The van der Waals surface area contributed by atoms with Crippen LogP contribution in [-0.2, 0) is 4.74 Å². The van der Waals surface area contributed by atoms with Gasteiger partial charge >= 0.3 is 6.09 Å². The molecule has 3 nitrogen and oxygen atoms in total. The number of carbonyl (C=O) groups is 1. The number of alkyl carbamates (subject to hydrolysis) is 1. The van der Waals surface area contributed by atoms with Crippen molar-refractivity contribution < 1.29 is 9.53 Å². The number of hydrogen-bond acceptors (Lipinski definition) is 2. The largest absolute Gasteiger partial charge is 0.450 e. The first kappa shape index (κ1) is 11.9. The molecule has 1 rings (SSSR count). The molecule has 0 spiro atoms. The lowest BCUT2D eigenvalue weighted by atomic mass is 9.81. The van der Waals surface area contributed by atoms with Crippen LogP contribution < -0.4 is 5.32 Å². The number of amides is 1. The van der Waals surface area contributed by atoms with Crippen LogP contribution in [0.15, 0.2) is 23.8 Å². The van der Waals surface area contributed by atoms with Crippen molar-refractivity contribution in [3.8, 4) is 0 Å². The molecule has 0 aliphatic heterocycles. The zero-order valence-corrected chi connectivity index (χ0v) is 9.03. The van der Waals surface area contributed by atoms with E-state index in [0.29, 0.717) is 0 Å². The standard InChI is InChI=1S/C11H16BNO2/c1-13-11(14)15-8-10(12)7-9-5-3-2-4-6-9/h3,5-6,10H,2,4,7-8H2,1H3,(H,13,14)/t10-/m0/s1. The van der Waals surface area contributed by atoms with Gasteiger partial charge in [0.25, 0.3) is 0 Å². The molecule has 4 heteroatoms. The van der Waals surface area contributed by atoms with Gasteiger partial charge < -0.3 is 10.1 Å². The fraction of sp³-hybridized carbons (Fsp3) is 0.545. The van der Waals surface area contributed by atoms with Gasteiger partial charge in [-0.05, 0) is 25.1 Å². The van der Waals surface area contributed by atoms with E-state index in [2.05, 4.69) is 23.5 Å². The Morgan fingerprint density at radius 3 is 3.07 bits per heavy atom. The Hall–Kier alpha value is -1.19. The smallest absolute Gasteiger partial charge is 0.406 e. The van der Waals surface area contributed by atoms with E-state index >= 15 is 0 Å². The van der Waals surface area contributed by atoms with Gasteiger partial charge in [-0.2, -0.15) is 0 Å². The Morgan fingerprint density at radius 1 is 1.67 bits per heavy atom. The highest BCUT2D eigenvalue weighted by atomic mass is 16.5. The Labute approximate surface area is 92.0 Å². The maximum absolute atomic E-state index is 10.8. The summed E-state index contributed by atoms with van der Waals surface area (Å²) in [5.41, 5.74) is 1.23. The van der Waals surface area contributed by atoms with E-state index in [1.54, 1.807) is 0 Å². The molecule has 1 atom stereocenters. The van der Waals surface area contributed by atoms with E-state index in [1.165, 1.54) is 12.6 Å². The summed E-state index contributed by atoms with van der Waals surface area (Å²) in [6.45, 7) is 0.255. The normalized spacial score (nSPS) is 16.7. The molecule has 0 fully saturated rings. The van der Waals surface area contributed by atoms with Gasteiger partial charge in [-0.15, -0.1) is 0 Å². The number of hydrogen-bond donors (Lipinski definition) is 1. The van der Waals surface area contributed by atoms with Gasteiger partial charge in [0.1, 0.15) is 0 Å². The van der Waals surface area contributed by atoms with Crippen molar-refractivity contribution >= 4 is 13.9 Å². The highest BCUT2D eigenvalue weighted by molar-refractivity contribution is 6.12. The molecule has 0 aromatic rings. The molecule has 0 aromatic heterocycles. The predicted molar refractivity (Wildman–Crippen MR) is 61.0 cm³/mol. The SMILES string of the molecule is [B][C@H](COC(=O)NC)CC1=CCCC=C1. The lowest BCUT2D eigenvalue weighted by Crippen LogP contribution is -2.21. The fourth-order valence-electron chi connectivity index (χ4n) is 1.44. The Balaban J connectivity index is 2.23. The van der Waals surface area contributed by atoms with Crippen LogP contribution in [0.3, 0.4) is 0 Å². The fourth-order valence-corrected chi connectivity index (χ4v) is 1.44. The quantitative estimate of drug-likeness (QED) is 0.712. The Morgan fingerprint density at radius 2 is 2.47 bits per heavy atom. The summed E-state index contributed by atoms with van der Waals surface area (Å²) < 4.78 is 4.87. The molecule has 0 heterocycles. The zero-order valence-electron chi connectivity index (χ0n) is 9.03. The second-order valence-electron chi connectivity index (χ2n) is 3.57. The van der Waals surface area contributed by atoms with Crippen LogP contribution in [0.25, 0.3) is 0 Å². The van der Waals surface area contributed by atoms with Gasteiger partial charge in [-0.3, -0.25) is 0 Å². The van der Waals surface area contributed by atoms with E-state index in [4.69, 9.17) is 12.6 Å². The topological polar surface area (TPSA) is 38.3 Å². The lowest BCUT2D eigenvalue weighted by Gasteiger charge is -2.14. The summed E-state index contributed by atoms with van der Waals surface area (Å²) >= 11 is 0. The van der Waals surface area contributed by atoms with E-state index in [9.17, 15) is 4.79 Å². The summed E-state index contributed by atoms with van der Waals surface area (Å²) in [6.07, 6.45) is 8.92. The second kappa shape index (κ2) is 6.33. The van der Waals surface area contributed by atoms with E-state index < -0.39 is 6.09 Å². The van der Waals surface area contributed by atoms with Crippen molar-refractivity contribution in [2.75, 3.05) is 13.7 Å². The van der Waals surface area contributed by atoms with Gasteiger partial charge in [0.05, 0.1) is 14.5 Å². The maximum Gasteiger partial charge on any atom is 0.406 e. The number of allylic oxidation sites excluding steroid dienone is 4. The van der Waals surface area contributed by atoms with E-state index in [-0.39, 0.29) is 12.4 Å². The van der Waals surface area contributed by atoms with Crippen LogP contribution >= 0.6 is 0 Å². The molecule has 0 saturated carbocycles. The van der Waals surface area contributed by atoms with Crippen molar-refractivity contribution in [3.63, 3.8) is 0 Å². The first-order valence-electron chi connectivity index (χ1n) is 5.18. The van der Waals surface area contributed by atoms with Crippen LogP contribution in [0.4, 0.5) is 4.79 Å². The third-order valence-electron chi connectivity index (χ3n) is 2.20. The number of rotatable bonds is 4. The van der Waals surface area contributed by atoms with Gasteiger partial charge in [-0.1, -0.05) is 23.8 Å². The van der Waals surface area contributed by atoms with E-state index in [0.717, 1.165) is 19.3 Å². The molecule has 80 valence electrons. The first-order valence-corrected chi connectivity index (χ1v) is 5.18. The molecule has 15 heavy (non-hydrogen) atoms. The van der Waals surface area contributed by atoms with Crippen molar-refractivity contribution in [2.45, 2.75) is 25.1 Å². The Bertz CT molecular complexity index is 274. The van der Waals surface area contributed by atoms with Crippen LogP contribution in [0, 0.1) is 0 Å². The average Bonchev–Trinajstić information content (AvgIpc) is 2.27. The molecular formula is C11H16BNO2. The van der Waals surface area contributed by atoms with Crippen molar-refractivity contribution in [1.82, 2.24) is 5.32 Å². The monoisotopic (exact) mass is 205 g/mol. The summed E-state index contributed by atoms with van der Waals surface area (Å²) in [7, 11) is 7.36. The minimum Gasteiger partial charge on any atom is -0.450 e. The highest BCUT2D eigenvalue weighted by Gasteiger charge is 2.07. The summed E-state index contributed by atoms with van der Waals surface area (Å²) in [6, 6.07) is 0. The minimum atomic E-state index is -0.432. The lowest BCUT2D eigenvalue weighted by molar-refractivity contribution is 0.147. The van der Waals surface area contributed by atoms with Gasteiger partial charge in [-0.25, -0.2) is 4.79 Å². The van der Waals surface area contributed by atoms with Gasteiger partial charge in [0.15, 0.2) is 0 Å². The van der Waals surface area contributed by atoms with Crippen molar-refractivity contribution in [2.24, 2.45) is 0 Å². The molecule has 0 saturated heterocycles. The number of ether oxygens (including phenoxy) is 1. The summed E-state index contributed by atoms with van der Waals surface area (Å²) in [4.78, 5) is 10.8. The second-order valence-corrected chi connectivity index (χ2v) is 3.57. The van der Waals surface area contributed by atoms with Gasteiger partial charge in [0, 0.05) is 7.05 Å². The minimum absolute atomic E-state index is 0.128. The molecule has 2 radical (unpaired) electrons. The van der Waals surface area contributed by atoms with E-state index in [1.807, 2.05) is 0 Å². The molecule has 0 aromatic carbocycles. The third-order valence-corrected chi connectivity index (χ3v) is 2.20.